The normalized spacial score (nSPS) is 37.2. The van der Waals surface area contributed by atoms with E-state index in [1.807, 2.05) is 0 Å². The average Bonchev–Trinajstić information content (AvgIpc) is 3.03. The maximum absolute atomic E-state index is 5.60. The predicted octanol–water partition coefficient (Wildman–Crippen LogP) is 3.62. The Labute approximate surface area is 97.9 Å². The number of hydrogen-bond donors (Lipinski definition) is 0. The quantitative estimate of drug-likeness (QED) is 0.525. The third-order valence-corrected chi connectivity index (χ3v) is 4.50. The van der Waals surface area contributed by atoms with Crippen LogP contribution in [0.2, 0.25) is 0 Å². The molecule has 16 heavy (non-hydrogen) atoms. The van der Waals surface area contributed by atoms with E-state index >= 15 is 0 Å². The average molecular weight is 222 g/mol. The molecule has 2 nitrogen and oxygen atoms in total. The zero-order valence-corrected chi connectivity index (χ0v) is 9.94. The van der Waals surface area contributed by atoms with Crippen molar-refractivity contribution in [3.8, 4) is 0 Å². The molecule has 0 aromatic heterocycles. The predicted molar refractivity (Wildman–Crippen MR) is 62.8 cm³/mol. The van der Waals surface area contributed by atoms with Gasteiger partial charge in [-0.1, -0.05) is 37.8 Å². The Bertz CT molecular complexity index is 223. The molecule has 0 aromatic carbocycles. The van der Waals surface area contributed by atoms with Gasteiger partial charge in [-0.15, -0.1) is 0 Å². The SMILES string of the molecule is C1=C[C@H](C2CCCC2)OO[C@@H]1C1CCCC1. The van der Waals surface area contributed by atoms with E-state index in [1.165, 1.54) is 51.4 Å². The molecule has 2 atom stereocenters. The van der Waals surface area contributed by atoms with Gasteiger partial charge in [0, 0.05) is 0 Å². The Morgan fingerprint density at radius 3 is 1.31 bits per heavy atom. The van der Waals surface area contributed by atoms with Gasteiger partial charge in [-0.3, -0.25) is 0 Å². The van der Waals surface area contributed by atoms with Crippen LogP contribution in [0.5, 0.6) is 0 Å². The van der Waals surface area contributed by atoms with Crippen molar-refractivity contribution in [1.29, 1.82) is 0 Å². The molecule has 2 heteroatoms. The molecule has 2 saturated carbocycles. The van der Waals surface area contributed by atoms with Crippen LogP contribution < -0.4 is 0 Å². The molecule has 0 N–H and O–H groups in total. The minimum atomic E-state index is 0.236. The van der Waals surface area contributed by atoms with Gasteiger partial charge < -0.3 is 0 Å². The molecule has 2 fully saturated rings. The van der Waals surface area contributed by atoms with E-state index in [-0.39, 0.29) is 12.2 Å². The fourth-order valence-electron chi connectivity index (χ4n) is 3.45. The lowest BCUT2D eigenvalue weighted by atomic mass is 9.96. The Morgan fingerprint density at radius 1 is 0.625 bits per heavy atom. The van der Waals surface area contributed by atoms with Crippen molar-refractivity contribution in [1.82, 2.24) is 0 Å². The minimum absolute atomic E-state index is 0.236. The number of rotatable bonds is 2. The molecule has 3 aliphatic rings. The molecule has 90 valence electrons. The summed E-state index contributed by atoms with van der Waals surface area (Å²) in [7, 11) is 0. The molecule has 0 bridgehead atoms. The van der Waals surface area contributed by atoms with Gasteiger partial charge in [0.25, 0.3) is 0 Å². The first-order valence-electron chi connectivity index (χ1n) is 6.94. The van der Waals surface area contributed by atoms with Crippen LogP contribution in [0.1, 0.15) is 51.4 Å². The van der Waals surface area contributed by atoms with Gasteiger partial charge in [0.1, 0.15) is 12.2 Å². The molecule has 1 aliphatic heterocycles. The molecular formula is C14H22O2. The molecule has 3 rings (SSSR count). The van der Waals surface area contributed by atoms with Crippen LogP contribution in [0, 0.1) is 11.8 Å². The van der Waals surface area contributed by atoms with E-state index in [9.17, 15) is 0 Å². The van der Waals surface area contributed by atoms with E-state index in [1.54, 1.807) is 0 Å². The highest BCUT2D eigenvalue weighted by Crippen LogP contribution is 2.35. The lowest BCUT2D eigenvalue weighted by Crippen LogP contribution is -2.31. The van der Waals surface area contributed by atoms with Crippen LogP contribution in [0.15, 0.2) is 12.2 Å². The Kier molecular flexibility index (Phi) is 3.30. The Balaban J connectivity index is 1.56. The summed E-state index contributed by atoms with van der Waals surface area (Å²) in [5, 5.41) is 0. The van der Waals surface area contributed by atoms with Crippen LogP contribution in [0.4, 0.5) is 0 Å². The molecule has 0 spiro atoms. The largest absolute Gasteiger partial charge is 0.228 e. The second-order valence-electron chi connectivity index (χ2n) is 5.60. The summed E-state index contributed by atoms with van der Waals surface area (Å²) in [5.74, 6) is 1.42. The van der Waals surface area contributed by atoms with Crippen molar-refractivity contribution in [2.24, 2.45) is 11.8 Å². The first kappa shape index (κ1) is 10.8. The van der Waals surface area contributed by atoms with Gasteiger partial charge in [0.2, 0.25) is 0 Å². The van der Waals surface area contributed by atoms with Crippen LogP contribution >= 0.6 is 0 Å². The van der Waals surface area contributed by atoms with Gasteiger partial charge in [-0.05, 0) is 37.5 Å². The summed E-state index contributed by atoms with van der Waals surface area (Å²) in [6, 6.07) is 0. The van der Waals surface area contributed by atoms with E-state index in [0.717, 1.165) is 0 Å². The monoisotopic (exact) mass is 222 g/mol. The Morgan fingerprint density at radius 2 is 1.00 bits per heavy atom. The smallest absolute Gasteiger partial charge is 0.114 e. The second-order valence-corrected chi connectivity index (χ2v) is 5.60. The van der Waals surface area contributed by atoms with Crippen LogP contribution in [0.3, 0.4) is 0 Å². The lowest BCUT2D eigenvalue weighted by Gasteiger charge is -2.29. The van der Waals surface area contributed by atoms with Crippen LogP contribution in [-0.4, -0.2) is 12.2 Å². The zero-order valence-electron chi connectivity index (χ0n) is 9.94. The zero-order chi connectivity index (χ0) is 10.8. The number of hydrogen-bond acceptors (Lipinski definition) is 2. The summed E-state index contributed by atoms with van der Waals surface area (Å²) in [5.41, 5.74) is 0. The van der Waals surface area contributed by atoms with Gasteiger partial charge >= 0.3 is 0 Å². The second kappa shape index (κ2) is 4.89. The van der Waals surface area contributed by atoms with Crippen molar-refractivity contribution >= 4 is 0 Å². The van der Waals surface area contributed by atoms with Gasteiger partial charge in [-0.2, -0.15) is 0 Å². The van der Waals surface area contributed by atoms with E-state index in [4.69, 9.17) is 9.78 Å². The summed E-state index contributed by atoms with van der Waals surface area (Å²) in [6.07, 6.45) is 15.7. The third-order valence-electron chi connectivity index (χ3n) is 4.50. The molecule has 0 unspecified atom stereocenters. The molecule has 0 aromatic rings. The van der Waals surface area contributed by atoms with Crippen molar-refractivity contribution in [3.05, 3.63) is 12.2 Å². The van der Waals surface area contributed by atoms with E-state index in [0.29, 0.717) is 11.8 Å². The van der Waals surface area contributed by atoms with E-state index in [2.05, 4.69) is 12.2 Å². The topological polar surface area (TPSA) is 18.5 Å². The minimum Gasteiger partial charge on any atom is -0.228 e. The van der Waals surface area contributed by atoms with E-state index < -0.39 is 0 Å². The Hall–Kier alpha value is -0.340. The highest BCUT2D eigenvalue weighted by molar-refractivity contribution is 5.02. The maximum Gasteiger partial charge on any atom is 0.114 e. The highest BCUT2D eigenvalue weighted by atomic mass is 17.2. The molecular weight excluding hydrogens is 200 g/mol. The summed E-state index contributed by atoms with van der Waals surface area (Å²) in [4.78, 5) is 11.2. The first-order chi connectivity index (χ1) is 7.93. The van der Waals surface area contributed by atoms with Crippen molar-refractivity contribution < 1.29 is 9.78 Å². The van der Waals surface area contributed by atoms with Gasteiger partial charge in [0.05, 0.1) is 0 Å². The van der Waals surface area contributed by atoms with Crippen LogP contribution in [0.25, 0.3) is 0 Å². The third kappa shape index (κ3) is 2.18. The fourth-order valence-corrected chi connectivity index (χ4v) is 3.45. The molecule has 2 aliphatic carbocycles. The van der Waals surface area contributed by atoms with Gasteiger partial charge in [-0.25, -0.2) is 9.78 Å². The van der Waals surface area contributed by atoms with Crippen molar-refractivity contribution in [3.63, 3.8) is 0 Å². The molecule has 0 radical (unpaired) electrons. The standard InChI is InChI=1S/C14H22O2/c1-2-6-11(5-1)13-9-10-14(16-15-13)12-7-3-4-8-12/h9-14H,1-8H2/t13-,14+. The molecule has 0 saturated heterocycles. The summed E-state index contributed by atoms with van der Waals surface area (Å²) >= 11 is 0. The van der Waals surface area contributed by atoms with Crippen LogP contribution in [-0.2, 0) is 9.78 Å². The first-order valence-corrected chi connectivity index (χ1v) is 6.94. The summed E-state index contributed by atoms with van der Waals surface area (Å²) in [6.45, 7) is 0. The molecule has 0 amide bonds. The molecule has 1 heterocycles. The van der Waals surface area contributed by atoms with Crippen molar-refractivity contribution in [2.45, 2.75) is 63.6 Å². The fraction of sp³-hybridized carbons (Fsp3) is 0.857. The maximum atomic E-state index is 5.60. The summed E-state index contributed by atoms with van der Waals surface area (Å²) < 4.78 is 0. The van der Waals surface area contributed by atoms with Gasteiger partial charge in [0.15, 0.2) is 0 Å². The lowest BCUT2D eigenvalue weighted by molar-refractivity contribution is -0.354. The highest BCUT2D eigenvalue weighted by Gasteiger charge is 2.32. The van der Waals surface area contributed by atoms with Crippen molar-refractivity contribution in [2.75, 3.05) is 0 Å².